The second-order valence-corrected chi connectivity index (χ2v) is 21.9. The summed E-state index contributed by atoms with van der Waals surface area (Å²) in [5, 5.41) is 0.493. The van der Waals surface area contributed by atoms with E-state index in [1.54, 1.807) is 6.20 Å². The second-order valence-electron chi connectivity index (χ2n) is 11.8. The lowest BCUT2D eigenvalue weighted by atomic mass is 10.2. The lowest BCUT2D eigenvalue weighted by molar-refractivity contribution is -0.0413. The molecule has 1 aliphatic rings. The molecule has 0 unspecified atom stereocenters. The molecule has 32 heavy (non-hydrogen) atoms. The lowest BCUT2D eigenvalue weighted by Gasteiger charge is -2.40. The SMILES string of the molecule is CC(C)(C)[Si](C)(C)OC[C@H]1O[C@@H](n2cc(CBr)c(=O)[nH]c2=O)C[C@H]1O[Si](C)(C)C(C)(C)C. The van der Waals surface area contributed by atoms with Crippen molar-refractivity contribution in [1.29, 1.82) is 0 Å². The van der Waals surface area contributed by atoms with Crippen molar-refractivity contribution in [3.8, 4) is 0 Å². The van der Waals surface area contributed by atoms with Gasteiger partial charge in [0.2, 0.25) is 0 Å². The number of aromatic amines is 1. The van der Waals surface area contributed by atoms with E-state index in [1.165, 1.54) is 4.57 Å². The summed E-state index contributed by atoms with van der Waals surface area (Å²) in [6.07, 6.45) is 1.14. The maximum absolute atomic E-state index is 12.6. The molecule has 0 amide bonds. The normalized spacial score (nSPS) is 23.0. The molecule has 2 rings (SSSR count). The molecule has 184 valence electrons. The predicted molar refractivity (Wildman–Crippen MR) is 138 cm³/mol. The maximum atomic E-state index is 12.6. The van der Waals surface area contributed by atoms with Crippen LogP contribution in [0.3, 0.4) is 0 Å². The van der Waals surface area contributed by atoms with Crippen molar-refractivity contribution in [3.05, 3.63) is 32.6 Å². The minimum absolute atomic E-state index is 0.0495. The Balaban J connectivity index is 2.35. The van der Waals surface area contributed by atoms with E-state index in [4.69, 9.17) is 13.6 Å². The van der Waals surface area contributed by atoms with Crippen LogP contribution >= 0.6 is 15.9 Å². The molecule has 10 heteroatoms. The Labute approximate surface area is 202 Å². The van der Waals surface area contributed by atoms with Gasteiger partial charge in [0.05, 0.1) is 12.7 Å². The van der Waals surface area contributed by atoms with Gasteiger partial charge < -0.3 is 13.6 Å². The van der Waals surface area contributed by atoms with E-state index in [0.717, 1.165) is 0 Å². The lowest BCUT2D eigenvalue weighted by Crippen LogP contribution is -2.48. The van der Waals surface area contributed by atoms with Crippen molar-refractivity contribution in [3.63, 3.8) is 0 Å². The van der Waals surface area contributed by atoms with Gasteiger partial charge in [0.15, 0.2) is 16.6 Å². The molecule has 1 aliphatic heterocycles. The van der Waals surface area contributed by atoms with Gasteiger partial charge in [-0.15, -0.1) is 0 Å². The minimum Gasteiger partial charge on any atom is -0.414 e. The first-order valence-corrected chi connectivity index (χ1v) is 18.2. The molecule has 0 bridgehead atoms. The van der Waals surface area contributed by atoms with Crippen molar-refractivity contribution >= 4 is 32.6 Å². The number of nitrogens with one attached hydrogen (secondary N) is 1. The summed E-state index contributed by atoms with van der Waals surface area (Å²) < 4.78 is 21.1. The number of nitrogens with zero attached hydrogens (tertiary/aromatic N) is 1. The average Bonchev–Trinajstić information content (AvgIpc) is 3.00. The van der Waals surface area contributed by atoms with E-state index in [1.807, 2.05) is 0 Å². The summed E-state index contributed by atoms with van der Waals surface area (Å²) in [7, 11) is -4.05. The number of aromatic nitrogens is 2. The van der Waals surface area contributed by atoms with Gasteiger partial charge in [-0.2, -0.15) is 0 Å². The molecular formula is C22H41BrN2O5Si2. The zero-order valence-corrected chi connectivity index (χ0v) is 24.9. The highest BCUT2D eigenvalue weighted by Crippen LogP contribution is 2.42. The van der Waals surface area contributed by atoms with Crippen LogP contribution in [0.15, 0.2) is 15.8 Å². The van der Waals surface area contributed by atoms with Crippen molar-refractivity contribution in [2.45, 2.75) is 108 Å². The van der Waals surface area contributed by atoms with Crippen LogP contribution in [0.1, 0.15) is 59.8 Å². The molecule has 7 nitrogen and oxygen atoms in total. The molecule has 0 radical (unpaired) electrons. The summed E-state index contributed by atoms with van der Waals surface area (Å²) in [6, 6.07) is 0. The average molecular weight is 550 g/mol. The largest absolute Gasteiger partial charge is 0.414 e. The van der Waals surface area contributed by atoms with Gasteiger partial charge in [-0.25, -0.2) is 4.79 Å². The molecule has 0 aromatic carbocycles. The third-order valence-electron chi connectivity index (χ3n) is 7.34. The fourth-order valence-electron chi connectivity index (χ4n) is 3.04. The summed E-state index contributed by atoms with van der Waals surface area (Å²) in [6.45, 7) is 22.6. The summed E-state index contributed by atoms with van der Waals surface area (Å²) in [4.78, 5) is 27.0. The van der Waals surface area contributed by atoms with Gasteiger partial charge in [-0.05, 0) is 36.3 Å². The Kier molecular flexibility index (Phi) is 8.33. The quantitative estimate of drug-likeness (QED) is 0.377. The van der Waals surface area contributed by atoms with Crippen LogP contribution in [-0.2, 0) is 18.9 Å². The highest BCUT2D eigenvalue weighted by atomic mass is 79.9. The van der Waals surface area contributed by atoms with Gasteiger partial charge >= 0.3 is 5.69 Å². The van der Waals surface area contributed by atoms with Crippen LogP contribution in [0.25, 0.3) is 0 Å². The van der Waals surface area contributed by atoms with Crippen LogP contribution < -0.4 is 11.2 Å². The molecule has 1 N–H and O–H groups in total. The van der Waals surface area contributed by atoms with E-state index in [-0.39, 0.29) is 27.8 Å². The number of halogens is 1. The molecule has 1 aromatic heterocycles. The predicted octanol–water partition coefficient (Wildman–Crippen LogP) is 5.13. The van der Waals surface area contributed by atoms with Gasteiger partial charge in [0.1, 0.15) is 12.3 Å². The second kappa shape index (κ2) is 9.61. The standard InChI is InChI=1S/C22H41BrN2O5Si2/c1-21(2,3)31(7,8)28-14-17-16(30-32(9,10)22(4,5)6)11-18(29-17)25-13-15(12-23)19(26)24-20(25)27/h13,16-18H,11-12,14H2,1-10H3,(H,24,26,27)/t16-,17-,18-/m1/s1. The number of hydrogen-bond donors (Lipinski definition) is 1. The molecule has 1 fully saturated rings. The fourth-order valence-corrected chi connectivity index (χ4v) is 5.82. The topological polar surface area (TPSA) is 82.5 Å². The highest BCUT2D eigenvalue weighted by molar-refractivity contribution is 9.08. The van der Waals surface area contributed by atoms with Gasteiger partial charge in [-0.1, -0.05) is 57.5 Å². The Morgan fingerprint density at radius 2 is 1.66 bits per heavy atom. The van der Waals surface area contributed by atoms with Crippen LogP contribution in [0.5, 0.6) is 0 Å². The van der Waals surface area contributed by atoms with Crippen molar-refractivity contribution in [2.24, 2.45) is 0 Å². The Bertz CT molecular complexity index is 915. The van der Waals surface area contributed by atoms with E-state index in [0.29, 0.717) is 23.9 Å². The third kappa shape index (κ3) is 6.12. The molecule has 0 spiro atoms. The van der Waals surface area contributed by atoms with Crippen LogP contribution in [0, 0.1) is 0 Å². The van der Waals surface area contributed by atoms with E-state index >= 15 is 0 Å². The molecule has 1 aromatic rings. The number of alkyl halides is 1. The third-order valence-corrected chi connectivity index (χ3v) is 17.0. The molecule has 2 heterocycles. The molecule has 0 saturated carbocycles. The van der Waals surface area contributed by atoms with Crippen molar-refractivity contribution in [1.82, 2.24) is 9.55 Å². The van der Waals surface area contributed by atoms with Crippen LogP contribution in [-0.4, -0.2) is 45.0 Å². The molecular weight excluding hydrogens is 508 g/mol. The van der Waals surface area contributed by atoms with Crippen LogP contribution in [0.2, 0.25) is 36.3 Å². The summed E-state index contributed by atoms with van der Waals surface area (Å²) >= 11 is 3.32. The van der Waals surface area contributed by atoms with Crippen LogP contribution in [0.4, 0.5) is 0 Å². The monoisotopic (exact) mass is 548 g/mol. The Hall–Kier alpha value is -0.526. The van der Waals surface area contributed by atoms with E-state index in [2.05, 4.69) is 88.6 Å². The van der Waals surface area contributed by atoms with Gasteiger partial charge in [-0.3, -0.25) is 14.3 Å². The first-order valence-electron chi connectivity index (χ1n) is 11.3. The van der Waals surface area contributed by atoms with Crippen molar-refractivity contribution in [2.75, 3.05) is 6.61 Å². The maximum Gasteiger partial charge on any atom is 0.330 e. The highest BCUT2D eigenvalue weighted by Gasteiger charge is 2.46. The Morgan fingerprint density at radius 3 is 2.16 bits per heavy atom. The molecule has 1 saturated heterocycles. The van der Waals surface area contributed by atoms with Gasteiger partial charge in [0, 0.05) is 23.5 Å². The van der Waals surface area contributed by atoms with Gasteiger partial charge in [0.25, 0.3) is 5.56 Å². The zero-order chi connectivity index (χ0) is 24.7. The number of ether oxygens (including phenoxy) is 1. The Morgan fingerprint density at radius 1 is 1.09 bits per heavy atom. The number of hydrogen-bond acceptors (Lipinski definition) is 5. The van der Waals surface area contributed by atoms with Crippen molar-refractivity contribution < 1.29 is 13.6 Å². The zero-order valence-electron chi connectivity index (χ0n) is 21.3. The smallest absolute Gasteiger partial charge is 0.330 e. The fraction of sp³-hybridized carbons (Fsp3) is 0.818. The molecule has 0 aliphatic carbocycles. The first kappa shape index (κ1) is 27.7. The van der Waals surface area contributed by atoms with E-state index in [9.17, 15) is 9.59 Å². The molecule has 3 atom stereocenters. The number of H-pyrrole nitrogens is 1. The first-order chi connectivity index (χ1) is 14.4. The summed E-state index contributed by atoms with van der Waals surface area (Å²) in [5.41, 5.74) is -0.370. The minimum atomic E-state index is -2.07. The van der Waals surface area contributed by atoms with E-state index < -0.39 is 28.6 Å². The summed E-state index contributed by atoms with van der Waals surface area (Å²) in [5.74, 6) is 0. The number of rotatable bonds is 7.